The van der Waals surface area contributed by atoms with E-state index in [1.165, 1.54) is 0 Å². The summed E-state index contributed by atoms with van der Waals surface area (Å²) in [7, 11) is 0. The first-order valence-electron chi connectivity index (χ1n) is 6.15. The summed E-state index contributed by atoms with van der Waals surface area (Å²) < 4.78 is 2.03. The van der Waals surface area contributed by atoms with Gasteiger partial charge >= 0.3 is 0 Å². The summed E-state index contributed by atoms with van der Waals surface area (Å²) in [5.41, 5.74) is 0.275. The fraction of sp³-hybridized carbons (Fsp3) is 0.769. The zero-order valence-corrected chi connectivity index (χ0v) is 10.4. The summed E-state index contributed by atoms with van der Waals surface area (Å²) in [6.45, 7) is 6.85. The molecule has 0 spiro atoms. The average Bonchev–Trinajstić information content (AvgIpc) is 2.68. The summed E-state index contributed by atoms with van der Waals surface area (Å²) >= 11 is 0. The molecule has 0 amide bonds. The first kappa shape index (κ1) is 11.6. The second-order valence-corrected chi connectivity index (χ2v) is 5.99. The molecular formula is C13H22N2O. The maximum atomic E-state index is 9.82. The molecular weight excluding hydrogens is 200 g/mol. The van der Waals surface area contributed by atoms with Crippen LogP contribution in [0, 0.1) is 11.3 Å². The van der Waals surface area contributed by atoms with Crippen LogP contribution in [0.4, 0.5) is 0 Å². The third-order valence-electron chi connectivity index (χ3n) is 3.77. The van der Waals surface area contributed by atoms with Crippen molar-refractivity contribution in [2.75, 3.05) is 0 Å². The van der Waals surface area contributed by atoms with E-state index in [1.54, 1.807) is 0 Å². The van der Waals surface area contributed by atoms with E-state index in [1.807, 2.05) is 23.1 Å². The molecule has 3 heteroatoms. The van der Waals surface area contributed by atoms with E-state index >= 15 is 0 Å². The second-order valence-electron chi connectivity index (χ2n) is 5.99. The Kier molecular flexibility index (Phi) is 3.06. The van der Waals surface area contributed by atoms with E-state index in [2.05, 4.69) is 25.9 Å². The highest BCUT2D eigenvalue weighted by Crippen LogP contribution is 2.43. The maximum absolute atomic E-state index is 9.82. The first-order chi connectivity index (χ1) is 7.48. The minimum absolute atomic E-state index is 0.159. The largest absolute Gasteiger partial charge is 0.393 e. The van der Waals surface area contributed by atoms with Crippen molar-refractivity contribution in [3.8, 4) is 0 Å². The van der Waals surface area contributed by atoms with Gasteiger partial charge in [0.1, 0.15) is 0 Å². The predicted octanol–water partition coefficient (Wildman–Crippen LogP) is 2.63. The zero-order chi connectivity index (χ0) is 11.8. The van der Waals surface area contributed by atoms with Gasteiger partial charge in [-0.15, -0.1) is 0 Å². The molecule has 1 aliphatic carbocycles. The molecule has 1 aromatic rings. The van der Waals surface area contributed by atoms with E-state index in [-0.39, 0.29) is 11.5 Å². The number of aliphatic hydroxyl groups excluding tert-OH is 1. The third-order valence-corrected chi connectivity index (χ3v) is 3.77. The van der Waals surface area contributed by atoms with Crippen molar-refractivity contribution >= 4 is 0 Å². The van der Waals surface area contributed by atoms with Crippen molar-refractivity contribution in [2.45, 2.75) is 52.2 Å². The second kappa shape index (κ2) is 4.21. The quantitative estimate of drug-likeness (QED) is 0.793. The van der Waals surface area contributed by atoms with Gasteiger partial charge in [0.15, 0.2) is 0 Å². The molecule has 3 atom stereocenters. The predicted molar refractivity (Wildman–Crippen MR) is 64.1 cm³/mol. The topological polar surface area (TPSA) is 38.0 Å². The fourth-order valence-electron chi connectivity index (χ4n) is 2.90. The lowest BCUT2D eigenvalue weighted by molar-refractivity contribution is 0.0254. The number of hydrogen-bond donors (Lipinski definition) is 1. The van der Waals surface area contributed by atoms with E-state index in [0.717, 1.165) is 19.3 Å². The van der Waals surface area contributed by atoms with Crippen LogP contribution in [0.15, 0.2) is 18.5 Å². The van der Waals surface area contributed by atoms with Crippen LogP contribution in [0.25, 0.3) is 0 Å². The monoisotopic (exact) mass is 222 g/mol. The molecule has 90 valence electrons. The zero-order valence-electron chi connectivity index (χ0n) is 10.4. The average molecular weight is 222 g/mol. The summed E-state index contributed by atoms with van der Waals surface area (Å²) in [4.78, 5) is 0. The van der Waals surface area contributed by atoms with Gasteiger partial charge in [-0.3, -0.25) is 4.68 Å². The normalized spacial score (nSPS) is 31.6. The highest BCUT2D eigenvalue weighted by Gasteiger charge is 2.38. The Bertz CT molecular complexity index is 326. The Balaban J connectivity index is 2.23. The molecule has 2 rings (SSSR count). The highest BCUT2D eigenvalue weighted by molar-refractivity contribution is 4.92. The van der Waals surface area contributed by atoms with Gasteiger partial charge in [-0.2, -0.15) is 5.10 Å². The van der Waals surface area contributed by atoms with Crippen LogP contribution in [0.2, 0.25) is 0 Å². The number of hydrogen-bond acceptors (Lipinski definition) is 2. The summed E-state index contributed by atoms with van der Waals surface area (Å²) in [6.07, 6.45) is 6.54. The standard InChI is InChI=1S/C13H22N2O/c1-13(2,3)11-6-5-10(16)9-12(11)15-8-4-7-14-15/h4,7-8,10-12,16H,5-6,9H2,1-3H3. The Morgan fingerprint density at radius 1 is 1.31 bits per heavy atom. The molecule has 0 radical (unpaired) electrons. The van der Waals surface area contributed by atoms with Gasteiger partial charge < -0.3 is 5.11 Å². The van der Waals surface area contributed by atoms with Crippen molar-refractivity contribution in [3.05, 3.63) is 18.5 Å². The Hall–Kier alpha value is -0.830. The molecule has 1 heterocycles. The van der Waals surface area contributed by atoms with Gasteiger partial charge in [0.05, 0.1) is 12.1 Å². The van der Waals surface area contributed by atoms with E-state index in [9.17, 15) is 5.11 Å². The number of aliphatic hydroxyl groups is 1. The van der Waals surface area contributed by atoms with Crippen LogP contribution < -0.4 is 0 Å². The van der Waals surface area contributed by atoms with Crippen LogP contribution in [0.3, 0.4) is 0 Å². The van der Waals surface area contributed by atoms with Crippen molar-refractivity contribution in [2.24, 2.45) is 11.3 Å². The number of nitrogens with zero attached hydrogens (tertiary/aromatic N) is 2. The molecule has 1 aliphatic rings. The lowest BCUT2D eigenvalue weighted by atomic mass is 9.69. The summed E-state index contributed by atoms with van der Waals surface area (Å²) in [5.74, 6) is 0.593. The molecule has 0 bridgehead atoms. The van der Waals surface area contributed by atoms with Gasteiger partial charge in [0.2, 0.25) is 0 Å². The summed E-state index contributed by atoms with van der Waals surface area (Å²) in [6, 6.07) is 2.31. The molecule has 0 aromatic carbocycles. The SMILES string of the molecule is CC(C)(C)C1CCC(O)CC1n1cccn1. The van der Waals surface area contributed by atoms with E-state index < -0.39 is 0 Å². The van der Waals surface area contributed by atoms with E-state index in [0.29, 0.717) is 12.0 Å². The number of aromatic nitrogens is 2. The van der Waals surface area contributed by atoms with Crippen LogP contribution in [0.1, 0.15) is 46.1 Å². The molecule has 16 heavy (non-hydrogen) atoms. The van der Waals surface area contributed by atoms with Crippen LogP contribution in [-0.2, 0) is 0 Å². The number of rotatable bonds is 1. The molecule has 1 aromatic heterocycles. The van der Waals surface area contributed by atoms with E-state index in [4.69, 9.17) is 0 Å². The van der Waals surface area contributed by atoms with Gasteiger partial charge in [0, 0.05) is 12.4 Å². The molecule has 3 nitrogen and oxygen atoms in total. The maximum Gasteiger partial charge on any atom is 0.0576 e. The molecule has 1 fully saturated rings. The Morgan fingerprint density at radius 3 is 2.62 bits per heavy atom. The Morgan fingerprint density at radius 2 is 2.06 bits per heavy atom. The fourth-order valence-corrected chi connectivity index (χ4v) is 2.90. The molecule has 3 unspecified atom stereocenters. The Labute approximate surface area is 97.5 Å². The van der Waals surface area contributed by atoms with Crippen LogP contribution >= 0.6 is 0 Å². The highest BCUT2D eigenvalue weighted by atomic mass is 16.3. The van der Waals surface area contributed by atoms with Gasteiger partial charge in [-0.1, -0.05) is 20.8 Å². The minimum Gasteiger partial charge on any atom is -0.393 e. The van der Waals surface area contributed by atoms with Gasteiger partial charge in [-0.25, -0.2) is 0 Å². The van der Waals surface area contributed by atoms with Crippen LogP contribution in [0.5, 0.6) is 0 Å². The lowest BCUT2D eigenvalue weighted by Crippen LogP contribution is -2.37. The smallest absolute Gasteiger partial charge is 0.0576 e. The van der Waals surface area contributed by atoms with Gasteiger partial charge in [-0.05, 0) is 36.7 Å². The molecule has 0 saturated heterocycles. The van der Waals surface area contributed by atoms with Crippen molar-refractivity contribution in [1.82, 2.24) is 9.78 Å². The first-order valence-corrected chi connectivity index (χ1v) is 6.15. The van der Waals surface area contributed by atoms with Crippen molar-refractivity contribution in [3.63, 3.8) is 0 Å². The van der Waals surface area contributed by atoms with Crippen LogP contribution in [-0.4, -0.2) is 21.0 Å². The van der Waals surface area contributed by atoms with Crippen molar-refractivity contribution < 1.29 is 5.11 Å². The molecule has 0 aliphatic heterocycles. The lowest BCUT2D eigenvalue weighted by Gasteiger charge is -2.42. The van der Waals surface area contributed by atoms with Crippen molar-refractivity contribution in [1.29, 1.82) is 0 Å². The molecule has 1 saturated carbocycles. The third kappa shape index (κ3) is 2.29. The minimum atomic E-state index is -0.159. The molecule has 1 N–H and O–H groups in total. The van der Waals surface area contributed by atoms with Gasteiger partial charge in [0.25, 0.3) is 0 Å². The summed E-state index contributed by atoms with van der Waals surface area (Å²) in [5, 5.41) is 14.2.